The Morgan fingerprint density at radius 3 is 2.75 bits per heavy atom. The van der Waals surface area contributed by atoms with Crippen LogP contribution >= 0.6 is 0 Å². The number of rotatable bonds is 4. The third-order valence-electron chi connectivity index (χ3n) is 2.28. The molecule has 0 fully saturated rings. The molecule has 88 valence electrons. The van der Waals surface area contributed by atoms with Crippen LogP contribution in [0.25, 0.3) is 0 Å². The van der Waals surface area contributed by atoms with Crippen molar-refractivity contribution in [3.05, 3.63) is 29.8 Å². The van der Waals surface area contributed by atoms with E-state index in [1.807, 2.05) is 37.2 Å². The molecule has 1 rings (SSSR count). The Kier molecular flexibility index (Phi) is 4.31. The zero-order valence-corrected chi connectivity index (χ0v) is 9.90. The minimum atomic E-state index is -0.226. The van der Waals surface area contributed by atoms with E-state index >= 15 is 0 Å². The van der Waals surface area contributed by atoms with E-state index in [1.54, 1.807) is 13.0 Å². The molecule has 0 saturated heterocycles. The lowest BCUT2D eigenvalue weighted by Gasteiger charge is -2.15. The van der Waals surface area contributed by atoms with Gasteiger partial charge >= 0.3 is 0 Å². The number of nitrogens with one attached hydrogen (secondary N) is 1. The first-order valence-electron chi connectivity index (χ1n) is 5.23. The highest BCUT2D eigenvalue weighted by Gasteiger charge is 2.09. The summed E-state index contributed by atoms with van der Waals surface area (Å²) in [5.74, 6) is -0.162. The maximum atomic E-state index is 11.7. The van der Waals surface area contributed by atoms with Gasteiger partial charge in [-0.2, -0.15) is 0 Å². The quantitative estimate of drug-likeness (QED) is 0.794. The van der Waals surface area contributed by atoms with Crippen molar-refractivity contribution < 1.29 is 9.90 Å². The van der Waals surface area contributed by atoms with E-state index in [-0.39, 0.29) is 18.6 Å². The van der Waals surface area contributed by atoms with Crippen molar-refractivity contribution in [3.8, 4) is 0 Å². The Morgan fingerprint density at radius 1 is 1.50 bits per heavy atom. The molecule has 0 bridgehead atoms. The lowest BCUT2D eigenvalue weighted by molar-refractivity contribution is 0.0922. The van der Waals surface area contributed by atoms with E-state index in [2.05, 4.69) is 5.32 Å². The molecule has 2 N–H and O–H groups in total. The van der Waals surface area contributed by atoms with Gasteiger partial charge in [0, 0.05) is 31.4 Å². The predicted octanol–water partition coefficient (Wildman–Crippen LogP) is 0.863. The van der Waals surface area contributed by atoms with E-state index in [4.69, 9.17) is 5.11 Å². The van der Waals surface area contributed by atoms with Gasteiger partial charge in [0.15, 0.2) is 0 Å². The molecule has 4 heteroatoms. The first-order chi connectivity index (χ1) is 7.54. The topological polar surface area (TPSA) is 52.6 Å². The summed E-state index contributed by atoms with van der Waals surface area (Å²) in [5.41, 5.74) is 1.58. The van der Waals surface area contributed by atoms with Crippen LogP contribution in [-0.2, 0) is 0 Å². The van der Waals surface area contributed by atoms with E-state index < -0.39 is 0 Å². The molecular weight excluding hydrogens is 204 g/mol. The largest absolute Gasteiger partial charge is 0.394 e. The Morgan fingerprint density at radius 2 is 2.19 bits per heavy atom. The fraction of sp³-hybridized carbons (Fsp3) is 0.417. The standard InChI is InChI=1S/C12H18N2O2/c1-9(8-15)13-12(16)10-5-4-6-11(7-10)14(2)3/h4-7,9,15H,8H2,1-3H3,(H,13,16)/t9-/m1/s1. The van der Waals surface area contributed by atoms with Gasteiger partial charge in [0.1, 0.15) is 0 Å². The summed E-state index contributed by atoms with van der Waals surface area (Å²) in [7, 11) is 3.85. The van der Waals surface area contributed by atoms with Crippen molar-refractivity contribution in [2.45, 2.75) is 13.0 Å². The molecular formula is C12H18N2O2. The normalized spacial score (nSPS) is 12.0. The molecule has 0 unspecified atom stereocenters. The van der Waals surface area contributed by atoms with Crippen LogP contribution in [0, 0.1) is 0 Å². The summed E-state index contributed by atoms with van der Waals surface area (Å²) in [6.07, 6.45) is 0. The molecule has 0 radical (unpaired) electrons. The maximum Gasteiger partial charge on any atom is 0.251 e. The second-order valence-corrected chi connectivity index (χ2v) is 4.00. The lowest BCUT2D eigenvalue weighted by Crippen LogP contribution is -2.35. The Labute approximate surface area is 95.9 Å². The fourth-order valence-electron chi connectivity index (χ4n) is 1.28. The second kappa shape index (κ2) is 5.51. The third-order valence-corrected chi connectivity index (χ3v) is 2.28. The summed E-state index contributed by atoms with van der Waals surface area (Å²) < 4.78 is 0. The average Bonchev–Trinajstić information content (AvgIpc) is 2.28. The van der Waals surface area contributed by atoms with Crippen molar-refractivity contribution in [1.82, 2.24) is 5.32 Å². The van der Waals surface area contributed by atoms with Gasteiger partial charge in [-0.1, -0.05) is 6.07 Å². The number of carbonyl (C=O) groups excluding carboxylic acids is 1. The van der Waals surface area contributed by atoms with Gasteiger partial charge in [0.05, 0.1) is 6.61 Å². The molecule has 1 atom stereocenters. The average molecular weight is 222 g/mol. The molecule has 0 spiro atoms. The number of anilines is 1. The minimum Gasteiger partial charge on any atom is -0.394 e. The number of aliphatic hydroxyl groups excluding tert-OH is 1. The van der Waals surface area contributed by atoms with Crippen LogP contribution in [0.5, 0.6) is 0 Å². The van der Waals surface area contributed by atoms with Gasteiger partial charge in [0.2, 0.25) is 0 Å². The van der Waals surface area contributed by atoms with Crippen LogP contribution < -0.4 is 10.2 Å². The van der Waals surface area contributed by atoms with E-state index in [0.717, 1.165) is 5.69 Å². The number of nitrogens with zero attached hydrogens (tertiary/aromatic N) is 1. The molecule has 0 saturated carbocycles. The number of hydrogen-bond acceptors (Lipinski definition) is 3. The van der Waals surface area contributed by atoms with Crippen molar-refractivity contribution in [2.24, 2.45) is 0 Å². The zero-order valence-electron chi connectivity index (χ0n) is 9.90. The predicted molar refractivity (Wildman–Crippen MR) is 64.8 cm³/mol. The highest BCUT2D eigenvalue weighted by Crippen LogP contribution is 2.13. The van der Waals surface area contributed by atoms with Crippen LogP contribution in [0.15, 0.2) is 24.3 Å². The number of hydrogen-bond donors (Lipinski definition) is 2. The molecule has 0 aliphatic heterocycles. The van der Waals surface area contributed by atoms with Crippen LogP contribution in [0.1, 0.15) is 17.3 Å². The summed E-state index contributed by atoms with van der Waals surface area (Å²) >= 11 is 0. The van der Waals surface area contributed by atoms with E-state index in [1.165, 1.54) is 0 Å². The first kappa shape index (κ1) is 12.5. The van der Waals surface area contributed by atoms with Gasteiger partial charge in [-0.25, -0.2) is 0 Å². The maximum absolute atomic E-state index is 11.7. The Balaban J connectivity index is 2.79. The third kappa shape index (κ3) is 3.24. The van der Waals surface area contributed by atoms with E-state index in [9.17, 15) is 4.79 Å². The van der Waals surface area contributed by atoms with E-state index in [0.29, 0.717) is 5.56 Å². The molecule has 1 aromatic rings. The Hall–Kier alpha value is -1.55. The molecule has 0 aliphatic rings. The van der Waals surface area contributed by atoms with Gasteiger partial charge < -0.3 is 15.3 Å². The zero-order chi connectivity index (χ0) is 12.1. The fourth-order valence-corrected chi connectivity index (χ4v) is 1.28. The minimum absolute atomic E-state index is 0.0564. The van der Waals surface area contributed by atoms with Crippen LogP contribution in [0.2, 0.25) is 0 Å². The number of carbonyl (C=O) groups is 1. The molecule has 1 aromatic carbocycles. The van der Waals surface area contributed by atoms with Gasteiger partial charge in [0.25, 0.3) is 5.91 Å². The number of amides is 1. The molecule has 16 heavy (non-hydrogen) atoms. The van der Waals surface area contributed by atoms with Crippen LogP contribution in [0.4, 0.5) is 5.69 Å². The lowest BCUT2D eigenvalue weighted by atomic mass is 10.1. The van der Waals surface area contributed by atoms with Gasteiger partial charge in [-0.15, -0.1) is 0 Å². The summed E-state index contributed by atoms with van der Waals surface area (Å²) in [6, 6.07) is 7.13. The monoisotopic (exact) mass is 222 g/mol. The first-order valence-corrected chi connectivity index (χ1v) is 5.23. The van der Waals surface area contributed by atoms with Crippen LogP contribution in [0.3, 0.4) is 0 Å². The molecule has 1 amide bonds. The molecule has 0 heterocycles. The Bertz CT molecular complexity index is 364. The number of aliphatic hydroxyl groups is 1. The highest BCUT2D eigenvalue weighted by atomic mass is 16.3. The molecule has 0 aromatic heterocycles. The van der Waals surface area contributed by atoms with Crippen LogP contribution in [-0.4, -0.2) is 37.8 Å². The van der Waals surface area contributed by atoms with Gasteiger partial charge in [-0.3, -0.25) is 4.79 Å². The SMILES string of the molecule is C[C@H](CO)NC(=O)c1cccc(N(C)C)c1. The second-order valence-electron chi connectivity index (χ2n) is 4.00. The molecule has 0 aliphatic carbocycles. The smallest absolute Gasteiger partial charge is 0.251 e. The van der Waals surface area contributed by atoms with Crippen molar-refractivity contribution in [2.75, 3.05) is 25.6 Å². The van der Waals surface area contributed by atoms with Crippen molar-refractivity contribution in [3.63, 3.8) is 0 Å². The van der Waals surface area contributed by atoms with Crippen molar-refractivity contribution >= 4 is 11.6 Å². The number of benzene rings is 1. The summed E-state index contributed by atoms with van der Waals surface area (Å²) in [5, 5.41) is 11.6. The highest BCUT2D eigenvalue weighted by molar-refractivity contribution is 5.95. The molecule has 4 nitrogen and oxygen atoms in total. The van der Waals surface area contributed by atoms with Crippen molar-refractivity contribution in [1.29, 1.82) is 0 Å². The summed E-state index contributed by atoms with van der Waals surface area (Å²) in [6.45, 7) is 1.70. The van der Waals surface area contributed by atoms with Gasteiger partial charge in [-0.05, 0) is 25.1 Å². The summed E-state index contributed by atoms with van der Waals surface area (Å²) in [4.78, 5) is 13.7.